The predicted octanol–water partition coefficient (Wildman–Crippen LogP) is 14.6. The number of aryl methyl sites for hydroxylation is 1. The number of benzene rings is 6. The first-order valence-corrected chi connectivity index (χ1v) is 25.4. The fourth-order valence-corrected chi connectivity index (χ4v) is 13.0. The topological polar surface area (TPSA) is 71.8 Å². The summed E-state index contributed by atoms with van der Waals surface area (Å²) in [5, 5.41) is 4.35. The molecule has 0 aliphatic carbocycles. The van der Waals surface area contributed by atoms with Gasteiger partial charge >= 0.3 is 11.3 Å². The normalized spacial score (nSPS) is 18.4. The molecule has 0 bridgehead atoms. The maximum Gasteiger partial charge on any atom is 0.344 e. The summed E-state index contributed by atoms with van der Waals surface area (Å²) in [6, 6.07) is 38.8. The second-order valence-electron chi connectivity index (χ2n) is 23.7. The van der Waals surface area contributed by atoms with Gasteiger partial charge < -0.3 is 23.2 Å². The molecule has 0 saturated heterocycles. The number of rotatable bonds is 4. The van der Waals surface area contributed by atoms with Crippen LogP contribution >= 0.6 is 0 Å². The minimum absolute atomic E-state index is 0.0350. The van der Waals surface area contributed by atoms with Gasteiger partial charge in [0.15, 0.2) is 0 Å². The van der Waals surface area contributed by atoms with Crippen molar-refractivity contribution in [2.45, 2.75) is 103 Å². The van der Waals surface area contributed by atoms with E-state index in [1.807, 2.05) is 0 Å². The fraction of sp³-hybridized carbons (Fsp3) is 0.333. The van der Waals surface area contributed by atoms with Crippen LogP contribution in [-0.4, -0.2) is 30.7 Å². The lowest BCUT2D eigenvalue weighted by atomic mass is 9.69. The molecule has 4 aliphatic rings. The molecule has 7 nitrogen and oxygen atoms in total. The van der Waals surface area contributed by atoms with Gasteiger partial charge in [0, 0.05) is 88.3 Å². The van der Waals surface area contributed by atoms with Gasteiger partial charge in [0.2, 0.25) is 0 Å². The van der Waals surface area contributed by atoms with Gasteiger partial charge in [0.25, 0.3) is 0 Å². The van der Waals surface area contributed by atoms with E-state index in [9.17, 15) is 9.59 Å². The smallest absolute Gasteiger partial charge is 0.344 e. The lowest BCUT2D eigenvalue weighted by Crippen LogP contribution is -2.44. The number of fused-ring (bicyclic) bond motifs is 7. The second-order valence-corrected chi connectivity index (χ2v) is 23.7. The number of hydrogen-bond acceptors (Lipinski definition) is 6. The Morgan fingerprint density at radius 2 is 0.757 bits per heavy atom. The number of aromatic nitrogens is 1. The average molecular weight is 924 g/mol. The summed E-state index contributed by atoms with van der Waals surface area (Å²) >= 11 is 0. The Kier molecular flexibility index (Phi) is 9.01. The van der Waals surface area contributed by atoms with Crippen LogP contribution in [0.4, 0.5) is 11.4 Å². The van der Waals surface area contributed by atoms with Crippen molar-refractivity contribution < 1.29 is 8.83 Å². The van der Waals surface area contributed by atoms with E-state index in [2.05, 4.69) is 186 Å². The number of anilines is 2. The molecule has 0 N–H and O–H groups in total. The zero-order chi connectivity index (χ0) is 48.4. The Morgan fingerprint density at radius 1 is 0.414 bits per heavy atom. The summed E-state index contributed by atoms with van der Waals surface area (Å²) in [5.74, 6) is 0. The van der Waals surface area contributed by atoms with Crippen LogP contribution in [0, 0.1) is 0 Å². The first-order valence-electron chi connectivity index (χ1n) is 25.4. The summed E-state index contributed by atoms with van der Waals surface area (Å²) < 4.78 is 15.0. The quantitative estimate of drug-likeness (QED) is 0.164. The van der Waals surface area contributed by atoms with Crippen LogP contribution in [0.1, 0.15) is 103 Å². The monoisotopic (exact) mass is 923 g/mol. The highest BCUT2D eigenvalue weighted by atomic mass is 16.4. The van der Waals surface area contributed by atoms with Crippen molar-refractivity contribution in [3.63, 3.8) is 0 Å². The van der Waals surface area contributed by atoms with Crippen molar-refractivity contribution in [1.29, 1.82) is 0 Å². The van der Waals surface area contributed by atoms with E-state index < -0.39 is 0 Å². The van der Waals surface area contributed by atoms with E-state index in [4.69, 9.17) is 8.83 Å². The lowest BCUT2D eigenvalue weighted by Gasteiger charge is -2.48. The van der Waals surface area contributed by atoms with Crippen molar-refractivity contribution >= 4 is 55.1 Å². The van der Waals surface area contributed by atoms with Gasteiger partial charge in [0.1, 0.15) is 11.2 Å². The molecule has 0 atom stereocenters. The van der Waals surface area contributed by atoms with Gasteiger partial charge in [-0.2, -0.15) is 0 Å². The summed E-state index contributed by atoms with van der Waals surface area (Å²) in [5.41, 5.74) is 18.0. The van der Waals surface area contributed by atoms with Gasteiger partial charge in [-0.1, -0.05) is 116 Å². The highest BCUT2D eigenvalue weighted by Crippen LogP contribution is 2.54. The van der Waals surface area contributed by atoms with E-state index in [1.54, 1.807) is 0 Å². The summed E-state index contributed by atoms with van der Waals surface area (Å²) in [6.45, 7) is 22.7. The minimum Gasteiger partial charge on any atom is -0.422 e. The van der Waals surface area contributed by atoms with Gasteiger partial charge in [-0.15, -0.1) is 0 Å². The van der Waals surface area contributed by atoms with E-state index in [0.29, 0.717) is 11.1 Å². The van der Waals surface area contributed by atoms with Crippen molar-refractivity contribution in [2.75, 3.05) is 36.0 Å². The molecule has 4 aliphatic heterocycles. The molecule has 9 aromatic rings. The third kappa shape index (κ3) is 6.31. The van der Waals surface area contributed by atoms with Gasteiger partial charge in [0.05, 0.1) is 11.1 Å². The Morgan fingerprint density at radius 3 is 1.14 bits per heavy atom. The molecular weight excluding hydrogens is 863 g/mol. The minimum atomic E-state index is -0.298. The Bertz CT molecular complexity index is 3590. The SMILES string of the molecule is Cn1c2ccc(-c3ccc(-c4cc5cc6c7c(c5oc4=O)C(C)(C)CCN7CCC6(C)C)cc3)cc2c2cc(-c3ccc(-c4cc5cc6c7c(c5oc4=O)C(C)(C)CCN7CCC6(C)C)cc3)ccc21. The molecule has 352 valence electrons. The largest absolute Gasteiger partial charge is 0.422 e. The van der Waals surface area contributed by atoms with E-state index in [1.165, 1.54) is 44.4 Å². The molecule has 7 heterocycles. The molecule has 6 aromatic carbocycles. The van der Waals surface area contributed by atoms with Crippen LogP contribution in [0.25, 0.3) is 88.3 Å². The van der Waals surface area contributed by atoms with Crippen LogP contribution in [0.5, 0.6) is 0 Å². The average Bonchev–Trinajstić information content (AvgIpc) is 3.61. The zero-order valence-electron chi connectivity index (χ0n) is 42.0. The van der Waals surface area contributed by atoms with E-state index >= 15 is 0 Å². The molecular formula is C63H61N3O4. The lowest BCUT2D eigenvalue weighted by molar-refractivity contribution is 0.398. The Hall–Kier alpha value is -6.86. The first-order chi connectivity index (χ1) is 33.4. The molecule has 0 amide bonds. The van der Waals surface area contributed by atoms with Crippen molar-refractivity contribution in [3.8, 4) is 44.5 Å². The van der Waals surface area contributed by atoms with E-state index in [-0.39, 0.29) is 32.9 Å². The van der Waals surface area contributed by atoms with Gasteiger partial charge in [-0.3, -0.25) is 0 Å². The molecule has 0 spiro atoms. The number of hydrogen-bond donors (Lipinski definition) is 0. The zero-order valence-corrected chi connectivity index (χ0v) is 42.0. The van der Waals surface area contributed by atoms with Crippen LogP contribution < -0.4 is 21.1 Å². The maximum absolute atomic E-state index is 13.9. The van der Waals surface area contributed by atoms with Gasteiger partial charge in [-0.05, 0) is 140 Å². The molecule has 0 unspecified atom stereocenters. The van der Waals surface area contributed by atoms with Crippen LogP contribution in [-0.2, 0) is 28.7 Å². The predicted molar refractivity (Wildman–Crippen MR) is 289 cm³/mol. The second kappa shape index (κ2) is 14.6. The van der Waals surface area contributed by atoms with Crippen molar-refractivity contribution in [2.24, 2.45) is 7.05 Å². The third-order valence-corrected chi connectivity index (χ3v) is 17.5. The number of nitrogens with zero attached hydrogens (tertiary/aromatic N) is 3. The molecule has 0 saturated carbocycles. The molecule has 7 heteroatoms. The van der Waals surface area contributed by atoms with Crippen molar-refractivity contribution in [3.05, 3.63) is 152 Å². The standard InChI is InChI=1S/C63H61N3O4/c1-60(2)22-26-65-28-24-62(5,6)52-54(65)48(60)34-42-32-44(58(67)69-56(42)52)38-14-10-36(11-15-38)40-18-20-50-46(30-40)47-31-41(19-21-51(47)64(50)9)37-12-16-39(17-13-37)45-33-43-35-49-55-53(57(43)70-59(45)68)63(7,8)25-29-66(55)27-23-61(49,3)4/h10-21,30-35H,22-29H2,1-9H3. The van der Waals surface area contributed by atoms with Crippen molar-refractivity contribution in [1.82, 2.24) is 4.57 Å². The van der Waals surface area contributed by atoms with Crippen LogP contribution in [0.2, 0.25) is 0 Å². The van der Waals surface area contributed by atoms with Crippen LogP contribution in [0.3, 0.4) is 0 Å². The Balaban J connectivity index is 0.827. The first kappa shape index (κ1) is 43.2. The third-order valence-electron chi connectivity index (χ3n) is 17.5. The van der Waals surface area contributed by atoms with Crippen LogP contribution in [0.15, 0.2) is 128 Å². The molecule has 0 fully saturated rings. The molecule has 0 radical (unpaired) electrons. The van der Waals surface area contributed by atoms with E-state index in [0.717, 1.165) is 118 Å². The summed E-state index contributed by atoms with van der Waals surface area (Å²) in [4.78, 5) is 32.9. The summed E-state index contributed by atoms with van der Waals surface area (Å²) in [6.07, 6.45) is 4.26. The highest BCUT2D eigenvalue weighted by molar-refractivity contribution is 6.10. The Labute approximate surface area is 409 Å². The van der Waals surface area contributed by atoms with Gasteiger partial charge in [-0.25, -0.2) is 9.59 Å². The highest BCUT2D eigenvalue weighted by Gasteiger charge is 2.44. The molecule has 3 aromatic heterocycles. The maximum atomic E-state index is 13.9. The molecule has 13 rings (SSSR count). The molecule has 70 heavy (non-hydrogen) atoms. The fourth-order valence-electron chi connectivity index (χ4n) is 13.0. The summed E-state index contributed by atoms with van der Waals surface area (Å²) in [7, 11) is 2.13.